The highest BCUT2D eigenvalue weighted by molar-refractivity contribution is 5.73. The van der Waals surface area contributed by atoms with Crippen molar-refractivity contribution in [1.29, 1.82) is 0 Å². The summed E-state index contributed by atoms with van der Waals surface area (Å²) in [6.45, 7) is 2.15. The van der Waals surface area contributed by atoms with Gasteiger partial charge in [0, 0.05) is 13.0 Å². The van der Waals surface area contributed by atoms with Crippen LogP contribution in [-0.4, -0.2) is 4.57 Å². The molecule has 0 saturated heterocycles. The number of fused-ring (bicyclic) bond motifs is 1. The summed E-state index contributed by atoms with van der Waals surface area (Å²) in [5, 5.41) is 0. The molecule has 3 aromatic rings. The zero-order valence-electron chi connectivity index (χ0n) is 11.0. The molecule has 0 N–H and O–H groups in total. The molecule has 0 saturated carbocycles. The number of aryl methyl sites for hydroxylation is 2. The lowest BCUT2D eigenvalue weighted by atomic mass is 10.3. The standard InChI is InChI=1S/C15H17N3/c1-12-17(3)13-8-4-5-9-14(13)18(12)15-10-6-7-11-16(15)2/h4-11H,1-3H3/q+2. The number of benzene rings is 1. The molecule has 2 heterocycles. The fourth-order valence-corrected chi connectivity index (χ4v) is 2.47. The van der Waals surface area contributed by atoms with E-state index < -0.39 is 0 Å². The maximum atomic E-state index is 2.29. The second kappa shape index (κ2) is 3.95. The van der Waals surface area contributed by atoms with E-state index in [1.807, 2.05) is 6.07 Å². The van der Waals surface area contributed by atoms with Gasteiger partial charge in [0.1, 0.15) is 0 Å². The Morgan fingerprint density at radius 3 is 2.44 bits per heavy atom. The zero-order chi connectivity index (χ0) is 12.7. The first-order valence-electron chi connectivity index (χ1n) is 6.11. The van der Waals surface area contributed by atoms with E-state index >= 15 is 0 Å². The fourth-order valence-electron chi connectivity index (χ4n) is 2.47. The Hall–Kier alpha value is -2.16. The van der Waals surface area contributed by atoms with Crippen molar-refractivity contribution in [3.8, 4) is 5.82 Å². The maximum absolute atomic E-state index is 2.29. The van der Waals surface area contributed by atoms with Gasteiger partial charge in [0.2, 0.25) is 0 Å². The summed E-state index contributed by atoms with van der Waals surface area (Å²) in [7, 11) is 4.18. The monoisotopic (exact) mass is 239 g/mol. The zero-order valence-corrected chi connectivity index (χ0v) is 11.0. The predicted molar refractivity (Wildman–Crippen MR) is 70.4 cm³/mol. The molecule has 0 aliphatic carbocycles. The number of hydrogen-bond acceptors (Lipinski definition) is 0. The average molecular weight is 239 g/mol. The molecule has 0 bridgehead atoms. The molecular formula is C15H17N3+2. The second-order valence-electron chi connectivity index (χ2n) is 4.60. The minimum atomic E-state index is 1.17. The van der Waals surface area contributed by atoms with Crippen molar-refractivity contribution in [1.82, 2.24) is 4.57 Å². The Labute approximate surface area is 107 Å². The molecule has 18 heavy (non-hydrogen) atoms. The molecule has 0 spiro atoms. The Morgan fingerprint density at radius 1 is 0.944 bits per heavy atom. The highest BCUT2D eigenvalue weighted by Crippen LogP contribution is 2.16. The van der Waals surface area contributed by atoms with Crippen molar-refractivity contribution in [2.45, 2.75) is 6.92 Å². The molecule has 0 amide bonds. The van der Waals surface area contributed by atoms with Gasteiger partial charge in [-0.3, -0.25) is 0 Å². The van der Waals surface area contributed by atoms with Gasteiger partial charge in [-0.2, -0.15) is 4.57 Å². The molecule has 3 heteroatoms. The minimum Gasteiger partial charge on any atom is -0.236 e. The van der Waals surface area contributed by atoms with Gasteiger partial charge in [0.05, 0.1) is 20.3 Å². The first-order valence-corrected chi connectivity index (χ1v) is 6.11. The smallest absolute Gasteiger partial charge is 0.236 e. The van der Waals surface area contributed by atoms with Gasteiger partial charge in [0.25, 0.3) is 11.6 Å². The van der Waals surface area contributed by atoms with Gasteiger partial charge < -0.3 is 0 Å². The Morgan fingerprint density at radius 2 is 1.67 bits per heavy atom. The molecule has 3 rings (SSSR count). The average Bonchev–Trinajstić information content (AvgIpc) is 2.64. The van der Waals surface area contributed by atoms with Gasteiger partial charge in [-0.15, -0.1) is 0 Å². The van der Waals surface area contributed by atoms with Crippen LogP contribution in [0.1, 0.15) is 5.82 Å². The summed E-state index contributed by atoms with van der Waals surface area (Å²) in [6.07, 6.45) is 2.07. The SMILES string of the molecule is Cc1n(-c2cccc[n+]2C)c2ccccc2[n+]1C. The number of pyridine rings is 1. The van der Waals surface area contributed by atoms with E-state index in [2.05, 4.69) is 77.3 Å². The van der Waals surface area contributed by atoms with Crippen LogP contribution in [0.5, 0.6) is 0 Å². The molecule has 0 unspecified atom stereocenters. The molecule has 0 aliphatic heterocycles. The van der Waals surface area contributed by atoms with Crippen molar-refractivity contribution >= 4 is 11.0 Å². The predicted octanol–water partition coefficient (Wildman–Crippen LogP) is 1.59. The number of para-hydroxylation sites is 2. The van der Waals surface area contributed by atoms with Crippen molar-refractivity contribution in [3.05, 3.63) is 54.5 Å². The summed E-state index contributed by atoms with van der Waals surface area (Å²) in [5.41, 5.74) is 2.48. The van der Waals surface area contributed by atoms with Gasteiger partial charge >= 0.3 is 0 Å². The van der Waals surface area contributed by atoms with Crippen molar-refractivity contribution in [3.63, 3.8) is 0 Å². The lowest BCUT2D eigenvalue weighted by Crippen LogP contribution is -2.36. The Kier molecular flexibility index (Phi) is 2.40. The van der Waals surface area contributed by atoms with E-state index in [9.17, 15) is 0 Å². The summed E-state index contributed by atoms with van der Waals surface area (Å²) < 4.78 is 6.65. The van der Waals surface area contributed by atoms with E-state index in [4.69, 9.17) is 0 Å². The highest BCUT2D eigenvalue weighted by Gasteiger charge is 2.22. The van der Waals surface area contributed by atoms with Gasteiger partial charge in [-0.1, -0.05) is 18.2 Å². The molecule has 3 nitrogen and oxygen atoms in total. The topological polar surface area (TPSA) is 12.7 Å². The molecule has 0 atom stereocenters. The highest BCUT2D eigenvalue weighted by atomic mass is 15.2. The van der Waals surface area contributed by atoms with E-state index in [0.717, 1.165) is 0 Å². The van der Waals surface area contributed by atoms with Crippen LogP contribution in [0.15, 0.2) is 48.7 Å². The third-order valence-corrected chi connectivity index (χ3v) is 3.55. The van der Waals surface area contributed by atoms with Crippen LogP contribution in [0.3, 0.4) is 0 Å². The number of rotatable bonds is 1. The summed E-state index contributed by atoms with van der Waals surface area (Å²) in [4.78, 5) is 0. The number of aromatic nitrogens is 3. The molecule has 2 aromatic heterocycles. The van der Waals surface area contributed by atoms with Crippen LogP contribution in [0.4, 0.5) is 0 Å². The number of hydrogen-bond donors (Lipinski definition) is 0. The van der Waals surface area contributed by atoms with E-state index in [1.54, 1.807) is 0 Å². The Bertz CT molecular complexity index is 726. The fraction of sp³-hybridized carbons (Fsp3) is 0.200. The summed E-state index contributed by atoms with van der Waals surface area (Å²) in [5.74, 6) is 2.39. The molecule has 90 valence electrons. The molecule has 0 fully saturated rings. The number of imidazole rings is 1. The van der Waals surface area contributed by atoms with Crippen molar-refractivity contribution in [2.24, 2.45) is 14.1 Å². The van der Waals surface area contributed by atoms with Gasteiger partial charge in [0.15, 0.2) is 11.0 Å². The summed E-state index contributed by atoms with van der Waals surface area (Å²) in [6, 6.07) is 14.7. The van der Waals surface area contributed by atoms with Crippen molar-refractivity contribution in [2.75, 3.05) is 0 Å². The van der Waals surface area contributed by atoms with Crippen LogP contribution in [-0.2, 0) is 14.1 Å². The normalized spacial score (nSPS) is 11.1. The van der Waals surface area contributed by atoms with Crippen LogP contribution >= 0.6 is 0 Å². The molecule has 1 aromatic carbocycles. The first kappa shape index (κ1) is 11.0. The van der Waals surface area contributed by atoms with Crippen LogP contribution in [0.2, 0.25) is 0 Å². The first-order chi connectivity index (χ1) is 8.70. The van der Waals surface area contributed by atoms with E-state index in [1.165, 1.54) is 22.7 Å². The second-order valence-corrected chi connectivity index (χ2v) is 4.60. The molecule has 0 radical (unpaired) electrons. The minimum absolute atomic E-state index is 1.17. The van der Waals surface area contributed by atoms with Gasteiger partial charge in [-0.25, -0.2) is 9.13 Å². The van der Waals surface area contributed by atoms with Gasteiger partial charge in [-0.05, 0) is 18.2 Å². The lowest BCUT2D eigenvalue weighted by Gasteiger charge is -2.01. The third-order valence-electron chi connectivity index (χ3n) is 3.55. The largest absolute Gasteiger partial charge is 0.289 e. The molecular weight excluding hydrogens is 222 g/mol. The van der Waals surface area contributed by atoms with E-state index in [0.29, 0.717) is 0 Å². The van der Waals surface area contributed by atoms with Crippen molar-refractivity contribution < 1.29 is 9.13 Å². The quantitative estimate of drug-likeness (QED) is 0.572. The van der Waals surface area contributed by atoms with Crippen LogP contribution < -0.4 is 9.13 Å². The summed E-state index contributed by atoms with van der Waals surface area (Å²) >= 11 is 0. The lowest BCUT2D eigenvalue weighted by molar-refractivity contribution is -0.670. The third kappa shape index (κ3) is 1.44. The molecule has 0 aliphatic rings. The maximum Gasteiger partial charge on any atom is 0.289 e. The Balaban J connectivity index is 2.43. The van der Waals surface area contributed by atoms with E-state index in [-0.39, 0.29) is 0 Å². The number of nitrogens with zero attached hydrogens (tertiary/aromatic N) is 3. The van der Waals surface area contributed by atoms with Crippen LogP contribution in [0.25, 0.3) is 16.9 Å². The van der Waals surface area contributed by atoms with Crippen LogP contribution in [0, 0.1) is 6.92 Å².